The van der Waals surface area contributed by atoms with Gasteiger partial charge in [0.2, 0.25) is 0 Å². The molecule has 0 N–H and O–H groups in total. The Morgan fingerprint density at radius 3 is 3.00 bits per heavy atom. The van der Waals surface area contributed by atoms with E-state index in [1.807, 2.05) is 13.0 Å². The average Bonchev–Trinajstić information content (AvgIpc) is 2.93. The molecule has 0 aromatic carbocycles. The Morgan fingerprint density at radius 1 is 1.43 bits per heavy atom. The first-order valence-corrected chi connectivity index (χ1v) is 6.83. The number of ether oxygens (including phenoxy) is 1. The maximum atomic E-state index is 12.4. The lowest BCUT2D eigenvalue weighted by atomic mass is 10.2. The highest BCUT2D eigenvalue weighted by Crippen LogP contribution is 2.21. The van der Waals surface area contributed by atoms with Gasteiger partial charge in [-0.1, -0.05) is 0 Å². The topological polar surface area (TPSA) is 73.1 Å². The summed E-state index contributed by atoms with van der Waals surface area (Å²) in [6, 6.07) is 3.55. The van der Waals surface area contributed by atoms with E-state index in [0.29, 0.717) is 31.2 Å². The fraction of sp³-hybridized carbons (Fsp3) is 0.429. The number of rotatable bonds is 2. The number of aryl methyl sites for hydroxylation is 2. The van der Waals surface area contributed by atoms with E-state index in [1.54, 1.807) is 35.1 Å². The standard InChI is InChI=1S/C14H17N5O2/c1-10-15-5-3-11(16-10)13-9-19(7-8-21-13)14(20)12-4-6-18(2)17-12/h3-6,13H,7-9H2,1-2H3. The van der Waals surface area contributed by atoms with Crippen LogP contribution in [-0.4, -0.2) is 50.3 Å². The lowest BCUT2D eigenvalue weighted by molar-refractivity contribution is -0.0250. The molecule has 0 aliphatic carbocycles. The quantitative estimate of drug-likeness (QED) is 0.814. The van der Waals surface area contributed by atoms with Crippen molar-refractivity contribution >= 4 is 5.91 Å². The third kappa shape index (κ3) is 2.92. The Labute approximate surface area is 122 Å². The van der Waals surface area contributed by atoms with Gasteiger partial charge in [0.15, 0.2) is 0 Å². The first-order chi connectivity index (χ1) is 10.1. The van der Waals surface area contributed by atoms with E-state index < -0.39 is 0 Å². The van der Waals surface area contributed by atoms with E-state index >= 15 is 0 Å². The van der Waals surface area contributed by atoms with Crippen molar-refractivity contribution in [1.29, 1.82) is 0 Å². The van der Waals surface area contributed by atoms with Crippen LogP contribution in [0.25, 0.3) is 0 Å². The molecule has 1 saturated heterocycles. The van der Waals surface area contributed by atoms with Gasteiger partial charge in [0.25, 0.3) is 5.91 Å². The maximum Gasteiger partial charge on any atom is 0.274 e. The Morgan fingerprint density at radius 2 is 2.29 bits per heavy atom. The molecule has 1 aliphatic heterocycles. The predicted molar refractivity (Wildman–Crippen MR) is 74.6 cm³/mol. The summed E-state index contributed by atoms with van der Waals surface area (Å²) in [5, 5.41) is 4.16. The molecule has 110 valence electrons. The Bertz CT molecular complexity index is 654. The number of morpholine rings is 1. The van der Waals surface area contributed by atoms with Gasteiger partial charge < -0.3 is 9.64 Å². The zero-order valence-corrected chi connectivity index (χ0v) is 12.1. The normalized spacial score (nSPS) is 18.8. The molecule has 2 aromatic rings. The number of carbonyl (C=O) groups is 1. The number of hydrogen-bond donors (Lipinski definition) is 0. The zero-order chi connectivity index (χ0) is 14.8. The van der Waals surface area contributed by atoms with Gasteiger partial charge in [-0.3, -0.25) is 9.48 Å². The van der Waals surface area contributed by atoms with E-state index in [1.165, 1.54) is 0 Å². The van der Waals surface area contributed by atoms with Crippen LogP contribution in [0.5, 0.6) is 0 Å². The molecule has 1 atom stereocenters. The first kappa shape index (κ1) is 13.7. The molecule has 0 saturated carbocycles. The SMILES string of the molecule is Cc1nccc(C2CN(C(=O)c3ccn(C)n3)CCO2)n1. The van der Waals surface area contributed by atoms with Gasteiger partial charge in [-0.25, -0.2) is 9.97 Å². The Kier molecular flexibility index (Phi) is 3.66. The molecule has 7 nitrogen and oxygen atoms in total. The van der Waals surface area contributed by atoms with E-state index in [-0.39, 0.29) is 12.0 Å². The molecule has 1 unspecified atom stereocenters. The smallest absolute Gasteiger partial charge is 0.274 e. The predicted octanol–water partition coefficient (Wildman–Crippen LogP) is 0.732. The van der Waals surface area contributed by atoms with Crippen LogP contribution >= 0.6 is 0 Å². The molecule has 3 rings (SSSR count). The van der Waals surface area contributed by atoms with Crippen LogP contribution in [0.15, 0.2) is 24.5 Å². The minimum Gasteiger partial charge on any atom is -0.368 e. The number of hydrogen-bond acceptors (Lipinski definition) is 5. The molecule has 7 heteroatoms. The van der Waals surface area contributed by atoms with Crippen LogP contribution in [0.3, 0.4) is 0 Å². The highest BCUT2D eigenvalue weighted by molar-refractivity contribution is 5.92. The molecule has 1 aliphatic rings. The van der Waals surface area contributed by atoms with E-state index in [0.717, 1.165) is 5.69 Å². The number of nitrogens with zero attached hydrogens (tertiary/aromatic N) is 5. The fourth-order valence-corrected chi connectivity index (χ4v) is 2.36. The van der Waals surface area contributed by atoms with Crippen LogP contribution in [-0.2, 0) is 11.8 Å². The third-order valence-corrected chi connectivity index (χ3v) is 3.41. The summed E-state index contributed by atoms with van der Waals surface area (Å²) >= 11 is 0. The fourth-order valence-electron chi connectivity index (χ4n) is 2.36. The minimum atomic E-state index is -0.215. The third-order valence-electron chi connectivity index (χ3n) is 3.41. The summed E-state index contributed by atoms with van der Waals surface area (Å²) in [5.74, 6) is 0.624. The van der Waals surface area contributed by atoms with Gasteiger partial charge in [-0.2, -0.15) is 5.10 Å². The molecular formula is C14H17N5O2. The van der Waals surface area contributed by atoms with Crippen LogP contribution in [0.2, 0.25) is 0 Å². The Balaban J connectivity index is 1.75. The number of amides is 1. The van der Waals surface area contributed by atoms with Gasteiger partial charge in [0.05, 0.1) is 18.8 Å². The van der Waals surface area contributed by atoms with Gasteiger partial charge in [-0.15, -0.1) is 0 Å². The molecule has 0 spiro atoms. The molecule has 21 heavy (non-hydrogen) atoms. The Hall–Kier alpha value is -2.28. The summed E-state index contributed by atoms with van der Waals surface area (Å²) in [6.45, 7) is 3.37. The van der Waals surface area contributed by atoms with Gasteiger partial charge >= 0.3 is 0 Å². The molecule has 1 fully saturated rings. The summed E-state index contributed by atoms with van der Waals surface area (Å²) in [6.07, 6.45) is 3.26. The van der Waals surface area contributed by atoms with Crippen molar-refractivity contribution in [2.24, 2.45) is 7.05 Å². The van der Waals surface area contributed by atoms with Crippen LogP contribution in [0.1, 0.15) is 28.1 Å². The summed E-state index contributed by atoms with van der Waals surface area (Å²) in [5.41, 5.74) is 1.26. The largest absolute Gasteiger partial charge is 0.368 e. The average molecular weight is 287 g/mol. The minimum absolute atomic E-state index is 0.0744. The van der Waals surface area contributed by atoms with Crippen molar-refractivity contribution in [3.05, 3.63) is 41.7 Å². The van der Waals surface area contributed by atoms with Crippen molar-refractivity contribution in [2.75, 3.05) is 19.7 Å². The first-order valence-electron chi connectivity index (χ1n) is 6.83. The second kappa shape index (κ2) is 5.61. The maximum absolute atomic E-state index is 12.4. The van der Waals surface area contributed by atoms with Crippen molar-refractivity contribution in [3.8, 4) is 0 Å². The van der Waals surface area contributed by atoms with E-state index in [2.05, 4.69) is 15.1 Å². The molecule has 2 aromatic heterocycles. The van der Waals surface area contributed by atoms with Crippen LogP contribution in [0.4, 0.5) is 0 Å². The van der Waals surface area contributed by atoms with Crippen molar-refractivity contribution < 1.29 is 9.53 Å². The molecular weight excluding hydrogens is 270 g/mol. The second-order valence-corrected chi connectivity index (χ2v) is 5.01. The van der Waals surface area contributed by atoms with Crippen molar-refractivity contribution in [2.45, 2.75) is 13.0 Å². The monoisotopic (exact) mass is 287 g/mol. The number of carbonyl (C=O) groups excluding carboxylic acids is 1. The summed E-state index contributed by atoms with van der Waals surface area (Å²) < 4.78 is 7.35. The molecule has 1 amide bonds. The van der Waals surface area contributed by atoms with Crippen molar-refractivity contribution in [1.82, 2.24) is 24.6 Å². The zero-order valence-electron chi connectivity index (χ0n) is 12.1. The van der Waals surface area contributed by atoms with Crippen LogP contribution in [0, 0.1) is 6.92 Å². The lowest BCUT2D eigenvalue weighted by Gasteiger charge is -2.32. The lowest BCUT2D eigenvalue weighted by Crippen LogP contribution is -2.42. The van der Waals surface area contributed by atoms with E-state index in [9.17, 15) is 4.79 Å². The van der Waals surface area contributed by atoms with Gasteiger partial charge in [0, 0.05) is 26.0 Å². The van der Waals surface area contributed by atoms with E-state index in [4.69, 9.17) is 4.74 Å². The van der Waals surface area contributed by atoms with Gasteiger partial charge in [0.1, 0.15) is 17.6 Å². The highest BCUT2D eigenvalue weighted by atomic mass is 16.5. The second-order valence-electron chi connectivity index (χ2n) is 5.01. The summed E-state index contributed by atoms with van der Waals surface area (Å²) in [7, 11) is 1.79. The number of aromatic nitrogens is 4. The molecule has 0 bridgehead atoms. The summed E-state index contributed by atoms with van der Waals surface area (Å²) in [4.78, 5) is 22.6. The highest BCUT2D eigenvalue weighted by Gasteiger charge is 2.28. The van der Waals surface area contributed by atoms with Crippen LogP contribution < -0.4 is 0 Å². The van der Waals surface area contributed by atoms with Gasteiger partial charge in [-0.05, 0) is 19.1 Å². The molecule has 0 radical (unpaired) electrons. The van der Waals surface area contributed by atoms with Crippen molar-refractivity contribution in [3.63, 3.8) is 0 Å². The molecule has 3 heterocycles.